The molecule has 1 aromatic carbocycles. The van der Waals surface area contributed by atoms with E-state index in [9.17, 15) is 0 Å². The van der Waals surface area contributed by atoms with Crippen LogP contribution in [0.2, 0.25) is 0 Å². The molecule has 0 unspecified atom stereocenters. The first-order chi connectivity index (χ1) is 9.31. The Bertz CT molecular complexity index is 505. The van der Waals surface area contributed by atoms with Crippen molar-refractivity contribution in [1.29, 1.82) is 15.8 Å². The van der Waals surface area contributed by atoms with E-state index < -0.39 is 0 Å². The van der Waals surface area contributed by atoms with Crippen LogP contribution in [-0.4, -0.2) is 31.1 Å². The lowest BCUT2D eigenvalue weighted by Gasteiger charge is -2.15. The number of nitrogens with zero attached hydrogens (tertiary/aromatic N) is 4. The monoisotopic (exact) mass is 254 g/mol. The SMILES string of the molecule is N#CCN(CC#N)CCCOc1ccccc1C#N. The summed E-state index contributed by atoms with van der Waals surface area (Å²) < 4.78 is 5.52. The van der Waals surface area contributed by atoms with Crippen LogP contribution in [0.15, 0.2) is 24.3 Å². The zero-order chi connectivity index (χ0) is 13.9. The van der Waals surface area contributed by atoms with Crippen LogP contribution in [0.25, 0.3) is 0 Å². The summed E-state index contributed by atoms with van der Waals surface area (Å²) in [6.07, 6.45) is 0.698. The van der Waals surface area contributed by atoms with Gasteiger partial charge in [-0.05, 0) is 18.6 Å². The normalized spacial score (nSPS) is 9.37. The predicted molar refractivity (Wildman–Crippen MR) is 68.9 cm³/mol. The first-order valence-corrected chi connectivity index (χ1v) is 5.90. The Morgan fingerprint density at radius 1 is 1.05 bits per heavy atom. The average Bonchev–Trinajstić information content (AvgIpc) is 2.44. The summed E-state index contributed by atoms with van der Waals surface area (Å²) in [6, 6.07) is 13.2. The smallest absolute Gasteiger partial charge is 0.137 e. The minimum atomic E-state index is 0.238. The van der Waals surface area contributed by atoms with Crippen LogP contribution in [0, 0.1) is 34.0 Å². The summed E-state index contributed by atoms with van der Waals surface area (Å²) in [5.41, 5.74) is 0.508. The molecule has 0 aromatic heterocycles. The summed E-state index contributed by atoms with van der Waals surface area (Å²) in [6.45, 7) is 1.55. The third-order valence-corrected chi connectivity index (χ3v) is 2.47. The van der Waals surface area contributed by atoms with Gasteiger partial charge in [-0.3, -0.25) is 4.90 Å². The van der Waals surface area contributed by atoms with E-state index in [-0.39, 0.29) is 13.1 Å². The van der Waals surface area contributed by atoms with Gasteiger partial charge in [0.15, 0.2) is 0 Å². The van der Waals surface area contributed by atoms with E-state index in [1.807, 2.05) is 18.2 Å². The second-order valence-corrected chi connectivity index (χ2v) is 3.84. The molecule has 0 fully saturated rings. The first kappa shape index (κ1) is 14.5. The minimum Gasteiger partial charge on any atom is -0.492 e. The summed E-state index contributed by atoms with van der Waals surface area (Å²) in [5.74, 6) is 0.567. The lowest BCUT2D eigenvalue weighted by Crippen LogP contribution is -2.26. The molecule has 0 spiro atoms. The van der Waals surface area contributed by atoms with Crippen molar-refractivity contribution in [3.8, 4) is 24.0 Å². The van der Waals surface area contributed by atoms with Crippen molar-refractivity contribution in [3.63, 3.8) is 0 Å². The highest BCUT2D eigenvalue weighted by molar-refractivity contribution is 5.42. The zero-order valence-electron chi connectivity index (χ0n) is 10.5. The van der Waals surface area contributed by atoms with Gasteiger partial charge < -0.3 is 4.74 Å². The van der Waals surface area contributed by atoms with Gasteiger partial charge in [-0.1, -0.05) is 12.1 Å². The Balaban J connectivity index is 2.37. The third-order valence-electron chi connectivity index (χ3n) is 2.47. The van der Waals surface area contributed by atoms with Crippen LogP contribution >= 0.6 is 0 Å². The van der Waals surface area contributed by atoms with Crippen molar-refractivity contribution < 1.29 is 4.74 Å². The molecule has 0 saturated carbocycles. The van der Waals surface area contributed by atoms with E-state index in [0.29, 0.717) is 30.9 Å². The van der Waals surface area contributed by atoms with Gasteiger partial charge in [0, 0.05) is 6.54 Å². The van der Waals surface area contributed by atoms with Crippen molar-refractivity contribution in [2.24, 2.45) is 0 Å². The summed E-state index contributed by atoms with van der Waals surface area (Å²) in [7, 11) is 0. The highest BCUT2D eigenvalue weighted by atomic mass is 16.5. The van der Waals surface area contributed by atoms with Crippen LogP contribution in [-0.2, 0) is 0 Å². The van der Waals surface area contributed by atoms with E-state index in [1.165, 1.54) is 0 Å². The summed E-state index contributed by atoms with van der Waals surface area (Å²) in [5, 5.41) is 26.1. The van der Waals surface area contributed by atoms with Crippen molar-refractivity contribution in [2.45, 2.75) is 6.42 Å². The molecule has 1 aromatic rings. The van der Waals surface area contributed by atoms with E-state index >= 15 is 0 Å². The third kappa shape index (κ3) is 5.08. The van der Waals surface area contributed by atoms with Crippen molar-refractivity contribution >= 4 is 0 Å². The molecule has 5 nitrogen and oxygen atoms in total. The van der Waals surface area contributed by atoms with Gasteiger partial charge in [-0.15, -0.1) is 0 Å². The van der Waals surface area contributed by atoms with Gasteiger partial charge in [0.05, 0.1) is 37.4 Å². The Morgan fingerprint density at radius 2 is 1.74 bits per heavy atom. The molecular formula is C14H14N4O. The van der Waals surface area contributed by atoms with Crippen LogP contribution in [0.3, 0.4) is 0 Å². The highest BCUT2D eigenvalue weighted by Gasteiger charge is 2.04. The van der Waals surface area contributed by atoms with E-state index in [0.717, 1.165) is 0 Å². The second kappa shape index (κ2) is 8.53. The van der Waals surface area contributed by atoms with E-state index in [2.05, 4.69) is 6.07 Å². The fraction of sp³-hybridized carbons (Fsp3) is 0.357. The summed E-state index contributed by atoms with van der Waals surface area (Å²) in [4.78, 5) is 1.75. The molecule has 0 heterocycles. The van der Waals surface area contributed by atoms with E-state index in [1.54, 1.807) is 23.1 Å². The fourth-order valence-corrected chi connectivity index (χ4v) is 1.57. The van der Waals surface area contributed by atoms with Gasteiger partial charge in [-0.2, -0.15) is 15.8 Å². The number of hydrogen-bond donors (Lipinski definition) is 0. The van der Waals surface area contributed by atoms with Crippen LogP contribution in [0.4, 0.5) is 0 Å². The first-order valence-electron chi connectivity index (χ1n) is 5.90. The minimum absolute atomic E-state index is 0.238. The van der Waals surface area contributed by atoms with Gasteiger partial charge in [0.1, 0.15) is 11.8 Å². The van der Waals surface area contributed by atoms with Gasteiger partial charge in [0.2, 0.25) is 0 Å². The molecule has 0 bridgehead atoms. The Kier molecular flexibility index (Phi) is 6.51. The maximum absolute atomic E-state index is 8.89. The molecule has 0 saturated heterocycles. The molecule has 0 radical (unpaired) electrons. The molecule has 0 atom stereocenters. The lowest BCUT2D eigenvalue weighted by molar-refractivity contribution is 0.264. The van der Waals surface area contributed by atoms with Crippen LogP contribution in [0.1, 0.15) is 12.0 Å². The quantitative estimate of drug-likeness (QED) is 0.546. The molecule has 0 amide bonds. The zero-order valence-corrected chi connectivity index (χ0v) is 10.5. The predicted octanol–water partition coefficient (Wildman–Crippen LogP) is 1.68. The Morgan fingerprint density at radius 3 is 2.37 bits per heavy atom. The molecule has 0 aliphatic rings. The van der Waals surface area contributed by atoms with Gasteiger partial charge in [0.25, 0.3) is 0 Å². The number of rotatable bonds is 7. The Hall–Kier alpha value is -2.55. The lowest BCUT2D eigenvalue weighted by atomic mass is 10.2. The van der Waals surface area contributed by atoms with Gasteiger partial charge in [-0.25, -0.2) is 0 Å². The Labute approximate surface area is 112 Å². The van der Waals surface area contributed by atoms with Crippen molar-refractivity contribution in [2.75, 3.05) is 26.2 Å². The standard InChI is InChI=1S/C14H14N4O/c15-6-9-18(10-7-16)8-3-11-19-14-5-2-1-4-13(14)12-17/h1-2,4-5H,3,8-11H2. The maximum Gasteiger partial charge on any atom is 0.137 e. The number of benzene rings is 1. The van der Waals surface area contributed by atoms with Gasteiger partial charge >= 0.3 is 0 Å². The molecule has 0 aliphatic carbocycles. The molecule has 1 rings (SSSR count). The topological polar surface area (TPSA) is 83.8 Å². The number of nitriles is 3. The van der Waals surface area contributed by atoms with Crippen molar-refractivity contribution in [3.05, 3.63) is 29.8 Å². The number of ether oxygens (including phenoxy) is 1. The molecule has 0 aliphatic heterocycles. The molecule has 96 valence electrons. The molecular weight excluding hydrogens is 240 g/mol. The number of para-hydroxylation sites is 1. The van der Waals surface area contributed by atoms with Crippen molar-refractivity contribution in [1.82, 2.24) is 4.90 Å². The molecule has 5 heteroatoms. The van der Waals surface area contributed by atoms with Crippen LogP contribution in [0.5, 0.6) is 5.75 Å². The molecule has 0 N–H and O–H groups in total. The second-order valence-electron chi connectivity index (χ2n) is 3.84. The highest BCUT2D eigenvalue weighted by Crippen LogP contribution is 2.16. The number of hydrogen-bond acceptors (Lipinski definition) is 5. The fourth-order valence-electron chi connectivity index (χ4n) is 1.57. The van der Waals surface area contributed by atoms with E-state index in [4.69, 9.17) is 20.5 Å². The average molecular weight is 254 g/mol. The largest absolute Gasteiger partial charge is 0.492 e. The van der Waals surface area contributed by atoms with Crippen LogP contribution < -0.4 is 4.74 Å². The maximum atomic E-state index is 8.89. The molecule has 19 heavy (non-hydrogen) atoms. The summed E-state index contributed by atoms with van der Waals surface area (Å²) >= 11 is 0.